The summed E-state index contributed by atoms with van der Waals surface area (Å²) >= 11 is 0. The molecule has 1 aromatic heterocycles. The van der Waals surface area contributed by atoms with E-state index in [0.29, 0.717) is 17.9 Å². The second-order valence-electron chi connectivity index (χ2n) is 5.20. The van der Waals surface area contributed by atoms with Crippen molar-refractivity contribution < 1.29 is 9.13 Å². The Morgan fingerprint density at radius 3 is 2.90 bits per heavy atom. The van der Waals surface area contributed by atoms with Gasteiger partial charge in [0.15, 0.2) is 0 Å². The summed E-state index contributed by atoms with van der Waals surface area (Å²) < 4.78 is 18.4. The summed E-state index contributed by atoms with van der Waals surface area (Å²) in [7, 11) is 1.60. The Kier molecular flexibility index (Phi) is 3.99. The van der Waals surface area contributed by atoms with Gasteiger partial charge >= 0.3 is 0 Å². The third-order valence-electron chi connectivity index (χ3n) is 3.60. The lowest BCUT2D eigenvalue weighted by Crippen LogP contribution is -2.30. The number of rotatable bonds is 6. The Hall–Kier alpha value is -2.17. The van der Waals surface area contributed by atoms with Gasteiger partial charge in [0.2, 0.25) is 11.8 Å². The van der Waals surface area contributed by atoms with Crippen LogP contribution in [0.5, 0.6) is 5.88 Å². The van der Waals surface area contributed by atoms with Gasteiger partial charge in [-0.15, -0.1) is 0 Å². The molecular formula is C16H18FN3O. The molecule has 0 spiro atoms. The van der Waals surface area contributed by atoms with Crippen molar-refractivity contribution in [3.05, 3.63) is 47.9 Å². The summed E-state index contributed by atoms with van der Waals surface area (Å²) in [6.45, 7) is 0.779. The van der Waals surface area contributed by atoms with Crippen molar-refractivity contribution in [2.75, 3.05) is 18.6 Å². The highest BCUT2D eigenvalue weighted by Crippen LogP contribution is 2.30. The van der Waals surface area contributed by atoms with Crippen LogP contribution in [0.2, 0.25) is 0 Å². The molecule has 21 heavy (non-hydrogen) atoms. The molecule has 2 aromatic rings. The first-order valence-corrected chi connectivity index (χ1v) is 7.14. The first-order chi connectivity index (χ1) is 10.3. The number of hydrogen-bond acceptors (Lipinski definition) is 4. The summed E-state index contributed by atoms with van der Waals surface area (Å²) in [5, 5.41) is 0. The van der Waals surface area contributed by atoms with Gasteiger partial charge in [0.05, 0.1) is 7.11 Å². The predicted molar refractivity (Wildman–Crippen MR) is 79.1 cm³/mol. The topological polar surface area (TPSA) is 38.2 Å². The minimum Gasteiger partial charge on any atom is -0.481 e. The van der Waals surface area contributed by atoms with Gasteiger partial charge in [-0.05, 0) is 37.0 Å². The van der Waals surface area contributed by atoms with Gasteiger partial charge in [0.25, 0.3) is 0 Å². The molecule has 1 aromatic carbocycles. The van der Waals surface area contributed by atoms with Crippen LogP contribution in [0.15, 0.2) is 36.5 Å². The van der Waals surface area contributed by atoms with Crippen molar-refractivity contribution in [3.63, 3.8) is 0 Å². The van der Waals surface area contributed by atoms with E-state index in [9.17, 15) is 4.39 Å². The van der Waals surface area contributed by atoms with Gasteiger partial charge in [-0.3, -0.25) is 0 Å². The van der Waals surface area contributed by atoms with E-state index in [-0.39, 0.29) is 5.82 Å². The molecule has 0 bridgehead atoms. The molecule has 0 atom stereocenters. The zero-order valence-electron chi connectivity index (χ0n) is 12.0. The fourth-order valence-electron chi connectivity index (χ4n) is 2.36. The number of halogens is 1. The molecule has 0 radical (unpaired) electrons. The lowest BCUT2D eigenvalue weighted by atomic mass is 10.1. The molecule has 1 fully saturated rings. The molecule has 0 unspecified atom stereocenters. The van der Waals surface area contributed by atoms with Gasteiger partial charge < -0.3 is 9.64 Å². The van der Waals surface area contributed by atoms with Crippen LogP contribution in [0.4, 0.5) is 10.3 Å². The summed E-state index contributed by atoms with van der Waals surface area (Å²) in [6.07, 6.45) is 4.79. The standard InChI is InChI=1S/C16H18FN3O/c1-21-15-7-9-18-16(19-15)20(14-5-6-14)10-8-12-3-2-4-13(17)11-12/h2-4,7,9,11,14H,5-6,8,10H2,1H3. The van der Waals surface area contributed by atoms with Crippen molar-refractivity contribution in [3.8, 4) is 5.88 Å². The van der Waals surface area contributed by atoms with Crippen LogP contribution < -0.4 is 9.64 Å². The molecule has 110 valence electrons. The van der Waals surface area contributed by atoms with E-state index in [4.69, 9.17) is 4.74 Å². The fraction of sp³-hybridized carbons (Fsp3) is 0.375. The van der Waals surface area contributed by atoms with Crippen LogP contribution in [-0.2, 0) is 6.42 Å². The number of methoxy groups -OCH3 is 1. The number of hydrogen-bond donors (Lipinski definition) is 0. The van der Waals surface area contributed by atoms with Crippen LogP contribution in [0.1, 0.15) is 18.4 Å². The number of aromatic nitrogens is 2. The number of nitrogens with zero attached hydrogens (tertiary/aromatic N) is 3. The van der Waals surface area contributed by atoms with Gasteiger partial charge in [0, 0.05) is 24.8 Å². The summed E-state index contributed by atoms with van der Waals surface area (Å²) in [5.41, 5.74) is 0.989. The van der Waals surface area contributed by atoms with E-state index in [1.54, 1.807) is 31.5 Å². The predicted octanol–water partition coefficient (Wildman–Crippen LogP) is 2.84. The Labute approximate surface area is 123 Å². The van der Waals surface area contributed by atoms with Gasteiger partial charge in [-0.2, -0.15) is 4.98 Å². The zero-order valence-corrected chi connectivity index (χ0v) is 12.0. The lowest BCUT2D eigenvalue weighted by molar-refractivity contribution is 0.396. The normalized spacial score (nSPS) is 14.0. The highest BCUT2D eigenvalue weighted by atomic mass is 19.1. The van der Waals surface area contributed by atoms with Crippen molar-refractivity contribution in [2.24, 2.45) is 0 Å². The maximum Gasteiger partial charge on any atom is 0.228 e. The van der Waals surface area contributed by atoms with Crippen LogP contribution in [-0.4, -0.2) is 29.7 Å². The first kappa shape index (κ1) is 13.8. The zero-order chi connectivity index (χ0) is 14.7. The molecule has 3 rings (SSSR count). The molecule has 1 aliphatic carbocycles. The molecular weight excluding hydrogens is 269 g/mol. The van der Waals surface area contributed by atoms with Crippen molar-refractivity contribution >= 4 is 5.95 Å². The van der Waals surface area contributed by atoms with Crippen LogP contribution in [0, 0.1) is 5.82 Å². The largest absolute Gasteiger partial charge is 0.481 e. The molecule has 0 amide bonds. The Balaban J connectivity index is 1.72. The van der Waals surface area contributed by atoms with Crippen LogP contribution >= 0.6 is 0 Å². The first-order valence-electron chi connectivity index (χ1n) is 7.14. The van der Waals surface area contributed by atoms with E-state index in [1.807, 2.05) is 6.07 Å². The van der Waals surface area contributed by atoms with E-state index in [0.717, 1.165) is 31.4 Å². The average molecular weight is 287 g/mol. The maximum absolute atomic E-state index is 13.2. The van der Waals surface area contributed by atoms with Crippen molar-refractivity contribution in [1.82, 2.24) is 9.97 Å². The van der Waals surface area contributed by atoms with Gasteiger partial charge in [-0.25, -0.2) is 9.37 Å². The smallest absolute Gasteiger partial charge is 0.228 e. The number of benzene rings is 1. The SMILES string of the molecule is COc1ccnc(N(CCc2cccc(F)c2)C2CC2)n1. The second kappa shape index (κ2) is 6.08. The molecule has 1 aliphatic rings. The molecule has 1 saturated carbocycles. The highest BCUT2D eigenvalue weighted by molar-refractivity contribution is 5.36. The van der Waals surface area contributed by atoms with Crippen LogP contribution in [0.25, 0.3) is 0 Å². The monoisotopic (exact) mass is 287 g/mol. The fourth-order valence-corrected chi connectivity index (χ4v) is 2.36. The van der Waals surface area contributed by atoms with E-state index in [1.165, 1.54) is 6.07 Å². The molecule has 0 N–H and O–H groups in total. The minimum absolute atomic E-state index is 0.192. The summed E-state index contributed by atoms with van der Waals surface area (Å²) in [6, 6.07) is 8.96. The van der Waals surface area contributed by atoms with Gasteiger partial charge in [-0.1, -0.05) is 12.1 Å². The third kappa shape index (κ3) is 3.48. The van der Waals surface area contributed by atoms with Crippen molar-refractivity contribution in [1.29, 1.82) is 0 Å². The Morgan fingerprint density at radius 2 is 2.19 bits per heavy atom. The Bertz CT molecular complexity index is 616. The molecule has 4 nitrogen and oxygen atoms in total. The second-order valence-corrected chi connectivity index (χ2v) is 5.20. The molecule has 0 aliphatic heterocycles. The van der Waals surface area contributed by atoms with Crippen molar-refractivity contribution in [2.45, 2.75) is 25.3 Å². The van der Waals surface area contributed by atoms with E-state index in [2.05, 4.69) is 14.9 Å². The summed E-state index contributed by atoms with van der Waals surface area (Å²) in [5.74, 6) is 1.06. The highest BCUT2D eigenvalue weighted by Gasteiger charge is 2.30. The summed E-state index contributed by atoms with van der Waals surface area (Å²) in [4.78, 5) is 10.9. The molecule has 0 saturated heterocycles. The van der Waals surface area contributed by atoms with Crippen LogP contribution in [0.3, 0.4) is 0 Å². The average Bonchev–Trinajstić information content (AvgIpc) is 3.33. The number of anilines is 1. The van der Waals surface area contributed by atoms with Gasteiger partial charge in [0.1, 0.15) is 5.82 Å². The lowest BCUT2D eigenvalue weighted by Gasteiger charge is -2.22. The maximum atomic E-state index is 13.2. The quantitative estimate of drug-likeness (QED) is 0.819. The minimum atomic E-state index is -0.192. The van der Waals surface area contributed by atoms with E-state index >= 15 is 0 Å². The number of ether oxygens (including phenoxy) is 1. The molecule has 1 heterocycles. The van der Waals surface area contributed by atoms with E-state index < -0.39 is 0 Å². The Morgan fingerprint density at radius 1 is 1.33 bits per heavy atom. The molecule has 5 heteroatoms. The third-order valence-corrected chi connectivity index (χ3v) is 3.60.